The second-order valence-corrected chi connectivity index (χ2v) is 3.87. The van der Waals surface area contributed by atoms with E-state index in [4.69, 9.17) is 0 Å². The van der Waals surface area contributed by atoms with Crippen molar-refractivity contribution in [3.05, 3.63) is 0 Å². The molecule has 0 saturated heterocycles. The van der Waals surface area contributed by atoms with Gasteiger partial charge in [0.15, 0.2) is 0 Å². The van der Waals surface area contributed by atoms with Crippen molar-refractivity contribution in [1.29, 1.82) is 0 Å². The van der Waals surface area contributed by atoms with Crippen molar-refractivity contribution in [3.8, 4) is 0 Å². The van der Waals surface area contributed by atoms with Crippen LogP contribution in [0.15, 0.2) is 0 Å². The topological polar surface area (TPSA) is 0 Å². The molecule has 0 heterocycles. The van der Waals surface area contributed by atoms with Crippen molar-refractivity contribution < 1.29 is 0 Å². The first-order chi connectivity index (χ1) is 4.20. The molecule has 1 rings (SSSR count). The molecule has 0 radical (unpaired) electrons. The summed E-state index contributed by atoms with van der Waals surface area (Å²) in [6, 6.07) is 0. The van der Waals surface area contributed by atoms with Crippen LogP contribution in [0.4, 0.5) is 0 Å². The molecule has 2 unspecified atom stereocenters. The fraction of sp³-hybridized carbons (Fsp3) is 1.00. The third kappa shape index (κ3) is 1.70. The number of hydrogen-bond acceptors (Lipinski definition) is 0. The summed E-state index contributed by atoms with van der Waals surface area (Å²) in [5.74, 6) is 2.96. The van der Waals surface area contributed by atoms with Crippen LogP contribution >= 0.6 is 0 Å². The molecule has 0 aromatic rings. The average Bonchev–Trinajstić information content (AvgIpc) is 1.80. The highest BCUT2D eigenvalue weighted by Crippen LogP contribution is 2.32. The summed E-state index contributed by atoms with van der Waals surface area (Å²) in [6.07, 6.45) is 4.38. The predicted molar refractivity (Wildman–Crippen MR) is 41.3 cm³/mol. The van der Waals surface area contributed by atoms with Crippen LogP contribution in [0, 0.1) is 17.8 Å². The molecule has 0 heteroatoms. The Morgan fingerprint density at radius 1 is 0.889 bits per heavy atom. The summed E-state index contributed by atoms with van der Waals surface area (Å²) >= 11 is 0. The lowest BCUT2D eigenvalue weighted by Gasteiger charge is -2.29. The standard InChI is InChI=1S/C9H18/c1-7-4-5-8(2)9(3)6-7/h7-9H,4-6H2,1-3H3/t7-,8?,9?/m0/s1. The smallest absolute Gasteiger partial charge is 0.0414 e. The van der Waals surface area contributed by atoms with Gasteiger partial charge in [-0.1, -0.05) is 33.6 Å². The molecule has 0 aliphatic heterocycles. The zero-order valence-corrected chi connectivity index (χ0v) is 6.85. The van der Waals surface area contributed by atoms with Gasteiger partial charge >= 0.3 is 0 Å². The molecule has 0 N–H and O–H groups in total. The van der Waals surface area contributed by atoms with Gasteiger partial charge in [-0.15, -0.1) is 0 Å². The maximum atomic E-state index is 2.39. The van der Waals surface area contributed by atoms with Crippen LogP contribution in [-0.4, -0.2) is 0 Å². The molecule has 0 nitrogen and oxygen atoms in total. The van der Waals surface area contributed by atoms with Gasteiger partial charge in [0, 0.05) is 0 Å². The monoisotopic (exact) mass is 126 g/mol. The fourth-order valence-corrected chi connectivity index (χ4v) is 1.82. The van der Waals surface area contributed by atoms with Crippen molar-refractivity contribution in [1.82, 2.24) is 0 Å². The lowest BCUT2D eigenvalue weighted by atomic mass is 9.77. The summed E-state index contributed by atoms with van der Waals surface area (Å²) in [5.41, 5.74) is 0. The Morgan fingerprint density at radius 3 is 2.00 bits per heavy atom. The van der Waals surface area contributed by atoms with Crippen LogP contribution in [-0.2, 0) is 0 Å². The molecule has 54 valence electrons. The summed E-state index contributed by atoms with van der Waals surface area (Å²) in [5, 5.41) is 0. The molecular weight excluding hydrogens is 108 g/mol. The largest absolute Gasteiger partial charge is 0.0625 e. The maximum absolute atomic E-state index is 2.39. The van der Waals surface area contributed by atoms with Crippen LogP contribution in [0.1, 0.15) is 40.0 Å². The Bertz CT molecular complexity index is 86.0. The van der Waals surface area contributed by atoms with Gasteiger partial charge in [-0.05, 0) is 24.2 Å². The average molecular weight is 126 g/mol. The maximum Gasteiger partial charge on any atom is -0.0414 e. The summed E-state index contributed by atoms with van der Waals surface area (Å²) < 4.78 is 0. The fourth-order valence-electron chi connectivity index (χ4n) is 1.82. The minimum Gasteiger partial charge on any atom is -0.0625 e. The van der Waals surface area contributed by atoms with Gasteiger partial charge in [0.1, 0.15) is 0 Å². The van der Waals surface area contributed by atoms with Gasteiger partial charge in [0.2, 0.25) is 0 Å². The van der Waals surface area contributed by atoms with Gasteiger partial charge in [-0.25, -0.2) is 0 Å². The lowest BCUT2D eigenvalue weighted by molar-refractivity contribution is 0.220. The van der Waals surface area contributed by atoms with Crippen molar-refractivity contribution >= 4 is 0 Å². The minimum absolute atomic E-state index is 0.980. The van der Waals surface area contributed by atoms with Gasteiger partial charge in [0.05, 0.1) is 0 Å². The van der Waals surface area contributed by atoms with Crippen LogP contribution in [0.5, 0.6) is 0 Å². The molecule has 0 aromatic heterocycles. The van der Waals surface area contributed by atoms with Crippen LogP contribution in [0.3, 0.4) is 0 Å². The molecule has 0 spiro atoms. The summed E-state index contributed by atoms with van der Waals surface area (Å²) in [7, 11) is 0. The van der Waals surface area contributed by atoms with Gasteiger partial charge < -0.3 is 0 Å². The quantitative estimate of drug-likeness (QED) is 0.468. The first kappa shape index (κ1) is 7.11. The van der Waals surface area contributed by atoms with Crippen molar-refractivity contribution in [2.75, 3.05) is 0 Å². The Balaban J connectivity index is 2.35. The molecule has 1 saturated carbocycles. The highest BCUT2D eigenvalue weighted by atomic mass is 14.3. The Labute approximate surface area is 58.7 Å². The van der Waals surface area contributed by atoms with Gasteiger partial charge in [0.25, 0.3) is 0 Å². The molecule has 0 bridgehead atoms. The zero-order chi connectivity index (χ0) is 6.85. The van der Waals surface area contributed by atoms with E-state index in [1.54, 1.807) is 0 Å². The first-order valence-electron chi connectivity index (χ1n) is 4.20. The van der Waals surface area contributed by atoms with E-state index in [1.807, 2.05) is 0 Å². The van der Waals surface area contributed by atoms with E-state index in [0.29, 0.717) is 0 Å². The summed E-state index contributed by atoms with van der Waals surface area (Å²) in [6.45, 7) is 7.15. The third-order valence-electron chi connectivity index (χ3n) is 2.86. The molecule has 3 atom stereocenters. The van der Waals surface area contributed by atoms with E-state index in [-0.39, 0.29) is 0 Å². The van der Waals surface area contributed by atoms with Gasteiger partial charge in [-0.2, -0.15) is 0 Å². The van der Waals surface area contributed by atoms with E-state index in [9.17, 15) is 0 Å². The predicted octanol–water partition coefficient (Wildman–Crippen LogP) is 3.08. The molecule has 1 fully saturated rings. The second kappa shape index (κ2) is 2.72. The first-order valence-corrected chi connectivity index (χ1v) is 4.20. The highest BCUT2D eigenvalue weighted by Gasteiger charge is 2.20. The lowest BCUT2D eigenvalue weighted by Crippen LogP contribution is -2.18. The van der Waals surface area contributed by atoms with E-state index in [2.05, 4.69) is 20.8 Å². The molecular formula is C9H18. The SMILES string of the molecule is CC1CC[C@H](C)CC1C. The Morgan fingerprint density at radius 2 is 1.56 bits per heavy atom. The molecule has 9 heavy (non-hydrogen) atoms. The summed E-state index contributed by atoms with van der Waals surface area (Å²) in [4.78, 5) is 0. The Hall–Kier alpha value is 0. The normalized spacial score (nSPS) is 45.0. The highest BCUT2D eigenvalue weighted by molar-refractivity contribution is 4.72. The van der Waals surface area contributed by atoms with Crippen molar-refractivity contribution in [3.63, 3.8) is 0 Å². The number of rotatable bonds is 0. The second-order valence-electron chi connectivity index (χ2n) is 3.87. The zero-order valence-electron chi connectivity index (χ0n) is 6.85. The van der Waals surface area contributed by atoms with Crippen molar-refractivity contribution in [2.45, 2.75) is 40.0 Å². The molecule has 0 aromatic carbocycles. The molecule has 0 amide bonds. The van der Waals surface area contributed by atoms with Crippen LogP contribution in [0.2, 0.25) is 0 Å². The van der Waals surface area contributed by atoms with Crippen molar-refractivity contribution in [2.24, 2.45) is 17.8 Å². The van der Waals surface area contributed by atoms with Crippen LogP contribution < -0.4 is 0 Å². The van der Waals surface area contributed by atoms with E-state index in [1.165, 1.54) is 19.3 Å². The number of hydrogen-bond donors (Lipinski definition) is 0. The minimum atomic E-state index is 0.980. The van der Waals surface area contributed by atoms with E-state index < -0.39 is 0 Å². The van der Waals surface area contributed by atoms with Crippen LogP contribution in [0.25, 0.3) is 0 Å². The molecule has 1 aliphatic carbocycles. The van der Waals surface area contributed by atoms with E-state index >= 15 is 0 Å². The Kier molecular flexibility index (Phi) is 2.15. The van der Waals surface area contributed by atoms with E-state index in [0.717, 1.165) is 17.8 Å². The molecule has 1 aliphatic rings. The van der Waals surface area contributed by atoms with Gasteiger partial charge in [-0.3, -0.25) is 0 Å². The third-order valence-corrected chi connectivity index (χ3v) is 2.86.